The second-order valence-electron chi connectivity index (χ2n) is 4.05. The Morgan fingerprint density at radius 2 is 2.35 bits per heavy atom. The molecule has 2 N–H and O–H groups in total. The van der Waals surface area contributed by atoms with E-state index in [0.29, 0.717) is 11.6 Å². The van der Waals surface area contributed by atoms with Gasteiger partial charge in [-0.2, -0.15) is 0 Å². The Morgan fingerprint density at radius 3 is 3.12 bits per heavy atom. The van der Waals surface area contributed by atoms with Crippen LogP contribution in [0.15, 0.2) is 18.2 Å². The molecule has 17 heavy (non-hydrogen) atoms. The number of anilines is 2. The Labute approximate surface area is 105 Å². The predicted molar refractivity (Wildman–Crippen MR) is 69.0 cm³/mol. The molecule has 0 unspecified atom stereocenters. The molecule has 1 aromatic rings. The molecule has 0 spiro atoms. The summed E-state index contributed by atoms with van der Waals surface area (Å²) in [6, 6.07) is 5.70. The fraction of sp³-hybridized carbons (Fsp3) is 0.417. The minimum Gasteiger partial charge on any atom is -0.481 e. The van der Waals surface area contributed by atoms with E-state index in [0.717, 1.165) is 30.9 Å². The van der Waals surface area contributed by atoms with Gasteiger partial charge in [0.2, 0.25) is 0 Å². The number of aliphatic carboxylic acids is 1. The highest BCUT2D eigenvalue weighted by Crippen LogP contribution is 2.35. The van der Waals surface area contributed by atoms with Crippen LogP contribution in [-0.4, -0.2) is 30.7 Å². The Hall–Kier alpha value is -1.42. The van der Waals surface area contributed by atoms with Gasteiger partial charge in [-0.25, -0.2) is 0 Å². The van der Waals surface area contributed by atoms with Gasteiger partial charge >= 0.3 is 5.97 Å². The fourth-order valence-electron chi connectivity index (χ4n) is 2.04. The number of fused-ring (bicyclic) bond motifs is 1. The van der Waals surface area contributed by atoms with Gasteiger partial charge in [0.15, 0.2) is 0 Å². The highest BCUT2D eigenvalue weighted by atomic mass is 35.5. The van der Waals surface area contributed by atoms with Crippen molar-refractivity contribution < 1.29 is 9.90 Å². The lowest BCUT2D eigenvalue weighted by Crippen LogP contribution is -2.27. The van der Waals surface area contributed by atoms with Gasteiger partial charge in [0.25, 0.3) is 0 Å². The van der Waals surface area contributed by atoms with Crippen LogP contribution in [0.3, 0.4) is 0 Å². The van der Waals surface area contributed by atoms with Crippen molar-refractivity contribution in [1.29, 1.82) is 0 Å². The van der Waals surface area contributed by atoms with Gasteiger partial charge in [-0.05, 0) is 18.6 Å². The minimum atomic E-state index is -0.782. The number of carboxylic acids is 1. The zero-order valence-corrected chi connectivity index (χ0v) is 10.2. The van der Waals surface area contributed by atoms with Crippen LogP contribution >= 0.6 is 11.6 Å². The molecule has 0 saturated carbocycles. The van der Waals surface area contributed by atoms with Crippen molar-refractivity contribution in [2.45, 2.75) is 12.8 Å². The largest absolute Gasteiger partial charge is 0.481 e. The number of hydrogen-bond donors (Lipinski definition) is 2. The molecule has 0 bridgehead atoms. The molecule has 1 aliphatic rings. The summed E-state index contributed by atoms with van der Waals surface area (Å²) in [7, 11) is 0. The molecular formula is C12H15ClN2O2. The van der Waals surface area contributed by atoms with Crippen LogP contribution < -0.4 is 10.2 Å². The smallest absolute Gasteiger partial charge is 0.305 e. The molecule has 1 aliphatic heterocycles. The summed E-state index contributed by atoms with van der Waals surface area (Å²) < 4.78 is 0. The summed E-state index contributed by atoms with van der Waals surface area (Å²) in [5.41, 5.74) is 1.91. The number of hydrogen-bond acceptors (Lipinski definition) is 3. The van der Waals surface area contributed by atoms with Gasteiger partial charge in [-0.1, -0.05) is 17.7 Å². The predicted octanol–water partition coefficient (Wildman–Crippen LogP) is 2.44. The molecule has 0 fully saturated rings. The van der Waals surface area contributed by atoms with Crippen LogP contribution in [0.5, 0.6) is 0 Å². The van der Waals surface area contributed by atoms with Gasteiger partial charge in [0, 0.05) is 19.6 Å². The summed E-state index contributed by atoms with van der Waals surface area (Å²) in [5, 5.41) is 12.7. The number of nitrogens with zero attached hydrogens (tertiary/aromatic N) is 1. The maximum atomic E-state index is 10.6. The first-order chi connectivity index (χ1) is 8.18. The highest BCUT2D eigenvalue weighted by molar-refractivity contribution is 6.34. The van der Waals surface area contributed by atoms with Gasteiger partial charge in [-0.15, -0.1) is 0 Å². The van der Waals surface area contributed by atoms with Crippen LogP contribution in [0.4, 0.5) is 11.4 Å². The third-order valence-electron chi connectivity index (χ3n) is 2.82. The maximum absolute atomic E-state index is 10.6. The lowest BCUT2D eigenvalue weighted by atomic mass is 10.2. The van der Waals surface area contributed by atoms with Crippen molar-refractivity contribution in [3.8, 4) is 0 Å². The lowest BCUT2D eigenvalue weighted by molar-refractivity contribution is -0.136. The molecule has 0 amide bonds. The number of rotatable bonds is 3. The zero-order chi connectivity index (χ0) is 12.3. The Bertz CT molecular complexity index is 423. The first-order valence-corrected chi connectivity index (χ1v) is 6.05. The lowest BCUT2D eigenvalue weighted by Gasteiger charge is -2.24. The van der Waals surface area contributed by atoms with E-state index in [9.17, 15) is 4.79 Å². The molecule has 92 valence electrons. The van der Waals surface area contributed by atoms with Crippen molar-refractivity contribution in [3.63, 3.8) is 0 Å². The third kappa shape index (κ3) is 2.82. The second kappa shape index (κ2) is 5.27. The van der Waals surface area contributed by atoms with E-state index < -0.39 is 5.97 Å². The molecule has 5 heteroatoms. The quantitative estimate of drug-likeness (QED) is 0.870. The summed E-state index contributed by atoms with van der Waals surface area (Å²) in [4.78, 5) is 12.7. The van der Waals surface area contributed by atoms with Crippen molar-refractivity contribution in [2.24, 2.45) is 0 Å². The van der Waals surface area contributed by atoms with Crippen LogP contribution in [0.2, 0.25) is 5.02 Å². The van der Waals surface area contributed by atoms with E-state index in [4.69, 9.17) is 16.7 Å². The molecule has 1 aromatic carbocycles. The standard InChI is InChI=1S/C12H15ClN2O2/c13-9-3-1-4-10-12(9)15(7-2-6-14-10)8-5-11(16)17/h1,3-4,14H,2,5-8H2,(H,16,17). The van der Waals surface area contributed by atoms with Crippen molar-refractivity contribution in [1.82, 2.24) is 0 Å². The molecule has 4 nitrogen and oxygen atoms in total. The van der Waals surface area contributed by atoms with Gasteiger partial charge in [-0.3, -0.25) is 4.79 Å². The summed E-state index contributed by atoms with van der Waals surface area (Å²) in [6.45, 7) is 2.21. The fourth-order valence-corrected chi connectivity index (χ4v) is 2.33. The average Bonchev–Trinajstić information content (AvgIpc) is 2.49. The SMILES string of the molecule is O=C(O)CCN1CCCNc2cccc(Cl)c21. The van der Waals surface area contributed by atoms with Crippen molar-refractivity contribution in [2.75, 3.05) is 29.9 Å². The van der Waals surface area contributed by atoms with E-state index >= 15 is 0 Å². The van der Waals surface area contributed by atoms with Crippen molar-refractivity contribution >= 4 is 28.9 Å². The molecular weight excluding hydrogens is 240 g/mol. The zero-order valence-electron chi connectivity index (χ0n) is 9.45. The average molecular weight is 255 g/mol. The summed E-state index contributed by atoms with van der Waals surface area (Å²) in [6.07, 6.45) is 1.11. The van der Waals surface area contributed by atoms with Crippen LogP contribution in [0.1, 0.15) is 12.8 Å². The maximum Gasteiger partial charge on any atom is 0.305 e. The Kier molecular flexibility index (Phi) is 3.74. The number of para-hydroxylation sites is 1. The summed E-state index contributed by atoms with van der Waals surface area (Å²) in [5.74, 6) is -0.782. The van der Waals surface area contributed by atoms with Crippen LogP contribution in [0, 0.1) is 0 Å². The molecule has 0 aliphatic carbocycles. The summed E-state index contributed by atoms with van der Waals surface area (Å²) >= 11 is 6.20. The highest BCUT2D eigenvalue weighted by Gasteiger charge is 2.18. The number of carbonyl (C=O) groups is 1. The van der Waals surface area contributed by atoms with E-state index in [2.05, 4.69) is 5.32 Å². The van der Waals surface area contributed by atoms with Gasteiger partial charge in [0.05, 0.1) is 22.8 Å². The molecule has 0 aromatic heterocycles. The van der Waals surface area contributed by atoms with Gasteiger partial charge in [0.1, 0.15) is 0 Å². The molecule has 0 radical (unpaired) electrons. The number of nitrogens with one attached hydrogen (secondary N) is 1. The first kappa shape index (κ1) is 12.0. The van der Waals surface area contributed by atoms with Crippen molar-refractivity contribution in [3.05, 3.63) is 23.2 Å². The Balaban J connectivity index is 2.25. The van der Waals surface area contributed by atoms with Crippen LogP contribution in [-0.2, 0) is 4.79 Å². The second-order valence-corrected chi connectivity index (χ2v) is 4.45. The normalized spacial score (nSPS) is 14.8. The molecule has 1 heterocycles. The van der Waals surface area contributed by atoms with Gasteiger partial charge < -0.3 is 15.3 Å². The Morgan fingerprint density at radius 1 is 1.53 bits per heavy atom. The minimum absolute atomic E-state index is 0.130. The first-order valence-electron chi connectivity index (χ1n) is 5.67. The van der Waals surface area contributed by atoms with Crippen LogP contribution in [0.25, 0.3) is 0 Å². The van der Waals surface area contributed by atoms with E-state index in [1.807, 2.05) is 23.1 Å². The van der Waals surface area contributed by atoms with E-state index in [1.165, 1.54) is 0 Å². The monoisotopic (exact) mass is 254 g/mol. The van der Waals surface area contributed by atoms with E-state index in [-0.39, 0.29) is 6.42 Å². The molecule has 0 saturated heterocycles. The molecule has 2 rings (SSSR count). The number of carboxylic acid groups (broad SMARTS) is 1. The molecule has 0 atom stereocenters. The topological polar surface area (TPSA) is 52.6 Å². The third-order valence-corrected chi connectivity index (χ3v) is 3.12. The van der Waals surface area contributed by atoms with E-state index in [1.54, 1.807) is 0 Å². The number of halogens is 1. The number of benzene rings is 1.